The van der Waals surface area contributed by atoms with Crippen LogP contribution < -0.4 is 20.3 Å². The molecule has 134 valence electrons. The van der Waals surface area contributed by atoms with E-state index in [4.69, 9.17) is 4.74 Å². The highest BCUT2D eigenvalue weighted by Crippen LogP contribution is 2.19. The van der Waals surface area contributed by atoms with E-state index < -0.39 is 0 Å². The largest absolute Gasteiger partial charge is 0.496 e. The van der Waals surface area contributed by atoms with Crippen molar-refractivity contribution in [3.8, 4) is 5.75 Å². The number of nitrogens with zero attached hydrogens (tertiary/aromatic N) is 2. The van der Waals surface area contributed by atoms with Gasteiger partial charge in [-0.25, -0.2) is 0 Å². The number of anilines is 1. The maximum absolute atomic E-state index is 5.45. The Morgan fingerprint density at radius 3 is 2.32 bits per heavy atom. The van der Waals surface area contributed by atoms with Crippen molar-refractivity contribution in [1.82, 2.24) is 10.6 Å². The summed E-state index contributed by atoms with van der Waals surface area (Å²) in [6.07, 6.45) is 0. The minimum Gasteiger partial charge on any atom is -0.496 e. The van der Waals surface area contributed by atoms with Crippen molar-refractivity contribution < 1.29 is 4.74 Å². The summed E-state index contributed by atoms with van der Waals surface area (Å²) < 4.78 is 5.45. The second kappa shape index (κ2) is 8.97. The number of guanidine groups is 1. The fourth-order valence-electron chi connectivity index (χ4n) is 2.50. The highest BCUT2D eigenvalue weighted by molar-refractivity contribution is 5.79. The third-order valence-electron chi connectivity index (χ3n) is 4.03. The van der Waals surface area contributed by atoms with Gasteiger partial charge in [-0.15, -0.1) is 0 Å². The summed E-state index contributed by atoms with van der Waals surface area (Å²) in [5.74, 6) is 1.65. The lowest BCUT2D eigenvalue weighted by molar-refractivity contribution is 0.408. The summed E-state index contributed by atoms with van der Waals surface area (Å²) in [6, 6.07) is 14.7. The molecule has 0 aliphatic carbocycles. The van der Waals surface area contributed by atoms with Crippen LogP contribution in [0, 0.1) is 6.92 Å². The first kappa shape index (κ1) is 18.6. The van der Waals surface area contributed by atoms with Gasteiger partial charge in [0.05, 0.1) is 7.11 Å². The van der Waals surface area contributed by atoms with E-state index in [2.05, 4.69) is 63.8 Å². The molecule has 0 aliphatic heterocycles. The average Bonchev–Trinajstić information content (AvgIpc) is 2.63. The molecule has 0 heterocycles. The van der Waals surface area contributed by atoms with Crippen LogP contribution in [0.5, 0.6) is 5.75 Å². The Morgan fingerprint density at radius 2 is 1.72 bits per heavy atom. The van der Waals surface area contributed by atoms with Gasteiger partial charge in [-0.2, -0.15) is 0 Å². The van der Waals surface area contributed by atoms with Gasteiger partial charge in [-0.1, -0.05) is 24.3 Å². The molecule has 0 unspecified atom stereocenters. The number of ether oxygens (including phenoxy) is 1. The summed E-state index contributed by atoms with van der Waals surface area (Å²) in [6.45, 7) is 3.43. The third kappa shape index (κ3) is 5.41. The standard InChI is InChI=1S/C20H28N4O/c1-15-6-9-17(19(12-15)25-5)14-23-20(21-2)22-13-16-7-10-18(11-8-16)24(3)4/h6-12H,13-14H2,1-5H3,(H2,21,22,23). The summed E-state index contributed by atoms with van der Waals surface area (Å²) in [7, 11) is 7.55. The predicted octanol–water partition coefficient (Wildman–Crippen LogP) is 2.93. The summed E-state index contributed by atoms with van der Waals surface area (Å²) in [5, 5.41) is 6.67. The summed E-state index contributed by atoms with van der Waals surface area (Å²) >= 11 is 0. The summed E-state index contributed by atoms with van der Waals surface area (Å²) in [5.41, 5.74) is 4.69. The monoisotopic (exact) mass is 340 g/mol. The van der Waals surface area contributed by atoms with E-state index in [1.807, 2.05) is 20.2 Å². The molecular formula is C20H28N4O. The highest BCUT2D eigenvalue weighted by Gasteiger charge is 2.05. The van der Waals surface area contributed by atoms with E-state index in [1.54, 1.807) is 14.2 Å². The maximum atomic E-state index is 5.45. The van der Waals surface area contributed by atoms with Crippen LogP contribution in [0.15, 0.2) is 47.5 Å². The van der Waals surface area contributed by atoms with Crippen LogP contribution in [-0.4, -0.2) is 34.2 Å². The SMILES string of the molecule is CN=C(NCc1ccc(N(C)C)cc1)NCc1ccc(C)cc1OC. The lowest BCUT2D eigenvalue weighted by atomic mass is 10.1. The molecule has 0 fully saturated rings. The molecule has 0 saturated carbocycles. The zero-order valence-electron chi connectivity index (χ0n) is 15.8. The lowest BCUT2D eigenvalue weighted by Gasteiger charge is -2.15. The quantitative estimate of drug-likeness (QED) is 0.627. The summed E-state index contributed by atoms with van der Waals surface area (Å²) in [4.78, 5) is 6.37. The van der Waals surface area contributed by atoms with Gasteiger partial charge in [-0.3, -0.25) is 4.99 Å². The molecule has 5 heteroatoms. The number of aryl methyl sites for hydroxylation is 1. The van der Waals surface area contributed by atoms with Gasteiger partial charge in [-0.05, 0) is 36.2 Å². The van der Waals surface area contributed by atoms with Crippen molar-refractivity contribution >= 4 is 11.6 Å². The zero-order valence-corrected chi connectivity index (χ0v) is 15.8. The van der Waals surface area contributed by atoms with E-state index in [0.29, 0.717) is 6.54 Å². The molecule has 2 aromatic rings. The topological polar surface area (TPSA) is 48.9 Å². The predicted molar refractivity (Wildman–Crippen MR) is 106 cm³/mol. The van der Waals surface area contributed by atoms with Crippen LogP contribution in [0.4, 0.5) is 5.69 Å². The molecule has 0 aliphatic rings. The number of hydrogen-bond donors (Lipinski definition) is 2. The molecule has 0 aromatic heterocycles. The molecule has 2 rings (SSSR count). The molecular weight excluding hydrogens is 312 g/mol. The Hall–Kier alpha value is -2.69. The molecule has 0 radical (unpaired) electrons. The highest BCUT2D eigenvalue weighted by atomic mass is 16.5. The molecule has 0 saturated heterocycles. The number of hydrogen-bond acceptors (Lipinski definition) is 3. The van der Waals surface area contributed by atoms with Gasteiger partial charge in [0.25, 0.3) is 0 Å². The van der Waals surface area contributed by atoms with Crippen molar-refractivity contribution in [2.24, 2.45) is 4.99 Å². The van der Waals surface area contributed by atoms with Gasteiger partial charge in [0, 0.05) is 45.5 Å². The smallest absolute Gasteiger partial charge is 0.191 e. The van der Waals surface area contributed by atoms with E-state index in [-0.39, 0.29) is 0 Å². The lowest BCUT2D eigenvalue weighted by Crippen LogP contribution is -2.36. The number of aliphatic imine (C=N–C) groups is 1. The van der Waals surface area contributed by atoms with Crippen molar-refractivity contribution in [2.45, 2.75) is 20.0 Å². The van der Waals surface area contributed by atoms with Crippen LogP contribution in [0.3, 0.4) is 0 Å². The first-order chi connectivity index (χ1) is 12.0. The number of methoxy groups -OCH3 is 1. The Bertz CT molecular complexity index is 708. The fraction of sp³-hybridized carbons (Fsp3) is 0.350. The van der Waals surface area contributed by atoms with Gasteiger partial charge < -0.3 is 20.3 Å². The third-order valence-corrected chi connectivity index (χ3v) is 4.03. The first-order valence-electron chi connectivity index (χ1n) is 8.37. The van der Waals surface area contributed by atoms with Crippen LogP contribution in [0.2, 0.25) is 0 Å². The van der Waals surface area contributed by atoms with Gasteiger partial charge in [0.1, 0.15) is 5.75 Å². The van der Waals surface area contributed by atoms with E-state index >= 15 is 0 Å². The van der Waals surface area contributed by atoms with Crippen LogP contribution in [0.1, 0.15) is 16.7 Å². The zero-order chi connectivity index (χ0) is 18.2. The van der Waals surface area contributed by atoms with Crippen molar-refractivity contribution in [3.63, 3.8) is 0 Å². The second-order valence-electron chi connectivity index (χ2n) is 6.16. The molecule has 0 spiro atoms. The Labute approximate surface area is 150 Å². The normalized spacial score (nSPS) is 11.2. The molecule has 25 heavy (non-hydrogen) atoms. The van der Waals surface area contributed by atoms with Gasteiger partial charge >= 0.3 is 0 Å². The van der Waals surface area contributed by atoms with E-state index in [9.17, 15) is 0 Å². The fourth-order valence-corrected chi connectivity index (χ4v) is 2.50. The number of rotatable bonds is 6. The number of nitrogens with one attached hydrogen (secondary N) is 2. The molecule has 2 aromatic carbocycles. The molecule has 2 N–H and O–H groups in total. The van der Waals surface area contributed by atoms with E-state index in [1.165, 1.54) is 16.8 Å². The van der Waals surface area contributed by atoms with Crippen molar-refractivity contribution in [3.05, 3.63) is 59.2 Å². The van der Waals surface area contributed by atoms with Crippen molar-refractivity contribution in [2.75, 3.05) is 33.2 Å². The average molecular weight is 340 g/mol. The second-order valence-corrected chi connectivity index (χ2v) is 6.16. The Morgan fingerprint density at radius 1 is 1.04 bits per heavy atom. The van der Waals surface area contributed by atoms with Crippen LogP contribution in [-0.2, 0) is 13.1 Å². The van der Waals surface area contributed by atoms with Gasteiger partial charge in [0.15, 0.2) is 5.96 Å². The van der Waals surface area contributed by atoms with Gasteiger partial charge in [0.2, 0.25) is 0 Å². The minimum atomic E-state index is 0.655. The minimum absolute atomic E-state index is 0.655. The molecule has 0 bridgehead atoms. The number of benzene rings is 2. The molecule has 0 atom stereocenters. The first-order valence-corrected chi connectivity index (χ1v) is 8.37. The van der Waals surface area contributed by atoms with E-state index in [0.717, 1.165) is 23.8 Å². The molecule has 5 nitrogen and oxygen atoms in total. The Kier molecular flexibility index (Phi) is 6.69. The Balaban J connectivity index is 1.91. The van der Waals surface area contributed by atoms with Crippen molar-refractivity contribution in [1.29, 1.82) is 0 Å². The molecule has 0 amide bonds. The van der Waals surface area contributed by atoms with Crippen LogP contribution >= 0.6 is 0 Å². The maximum Gasteiger partial charge on any atom is 0.191 e. The van der Waals surface area contributed by atoms with Crippen LogP contribution in [0.25, 0.3) is 0 Å².